The number of hydrogen-bond donors (Lipinski definition) is 2. The molecule has 1 unspecified atom stereocenters. The molecule has 23 heavy (non-hydrogen) atoms. The van der Waals surface area contributed by atoms with Crippen molar-refractivity contribution < 1.29 is 4.79 Å². The first-order chi connectivity index (χ1) is 10.8. The minimum Gasteiger partial charge on any atom is -0.394 e. The Morgan fingerprint density at radius 1 is 1.35 bits per heavy atom. The minimum atomic E-state index is -0.285. The van der Waals surface area contributed by atoms with Crippen LogP contribution in [-0.2, 0) is 11.2 Å². The van der Waals surface area contributed by atoms with Gasteiger partial charge in [-0.25, -0.2) is 0 Å². The first kappa shape index (κ1) is 20.1. The summed E-state index contributed by atoms with van der Waals surface area (Å²) >= 11 is 15.6. The number of nitrogens with one attached hydrogen (secondary N) is 1. The lowest BCUT2D eigenvalue weighted by Gasteiger charge is -2.19. The Kier molecular flexibility index (Phi) is 8.17. The minimum absolute atomic E-state index is 0.0781. The zero-order valence-electron chi connectivity index (χ0n) is 13.4. The summed E-state index contributed by atoms with van der Waals surface area (Å²) in [5.41, 5.74) is 8.10. The van der Waals surface area contributed by atoms with E-state index in [1.54, 1.807) is 13.1 Å². The van der Waals surface area contributed by atoms with Crippen LogP contribution in [0, 0.1) is 5.92 Å². The lowest BCUT2D eigenvalue weighted by atomic mass is 9.87. The van der Waals surface area contributed by atoms with Crippen molar-refractivity contribution in [3.05, 3.63) is 55.6 Å². The number of likely N-dealkylation sites (N-methyl/N-ethyl adjacent to an activating group) is 1. The van der Waals surface area contributed by atoms with Gasteiger partial charge in [-0.15, -0.1) is 0 Å². The second-order valence-corrected chi connectivity index (χ2v) is 7.39. The van der Waals surface area contributed by atoms with E-state index >= 15 is 0 Å². The van der Waals surface area contributed by atoms with Crippen molar-refractivity contribution >= 4 is 45.0 Å². The predicted octanol–water partition coefficient (Wildman–Crippen LogP) is 4.82. The number of carbonyl (C=O) groups excluding carboxylic acids is 1. The molecular weight excluding hydrogens is 399 g/mol. The van der Waals surface area contributed by atoms with E-state index in [9.17, 15) is 4.79 Å². The molecule has 0 aliphatic carbocycles. The molecule has 1 amide bonds. The number of amides is 1. The van der Waals surface area contributed by atoms with Crippen molar-refractivity contribution in [2.45, 2.75) is 26.7 Å². The highest BCUT2D eigenvalue weighted by atomic mass is 79.9. The zero-order chi connectivity index (χ0) is 17.6. The average molecular weight is 420 g/mol. The summed E-state index contributed by atoms with van der Waals surface area (Å²) in [4.78, 5) is 11.9. The van der Waals surface area contributed by atoms with E-state index in [-0.39, 0.29) is 17.5 Å². The molecule has 3 nitrogen and oxygen atoms in total. The molecule has 0 fully saturated rings. The Hall–Kier alpha value is -0.970. The molecule has 0 aromatic heterocycles. The summed E-state index contributed by atoms with van der Waals surface area (Å²) in [6, 6.07) is 5.47. The standard InChI is InChI=1S/C17H21BrCl2N2O/c1-4-12(6-11-7-13(19)9-14(20)8-11)15(5-10(2)18)16(21)17(23)22-3/h5,7-9,12H,4,6,21H2,1-3H3,(H,22,23)/b10-5+,16-15+. The van der Waals surface area contributed by atoms with Crippen molar-refractivity contribution in [1.29, 1.82) is 0 Å². The summed E-state index contributed by atoms with van der Waals surface area (Å²) < 4.78 is 0.905. The topological polar surface area (TPSA) is 55.1 Å². The third kappa shape index (κ3) is 6.21. The van der Waals surface area contributed by atoms with Gasteiger partial charge < -0.3 is 11.1 Å². The number of benzene rings is 1. The van der Waals surface area contributed by atoms with E-state index in [1.165, 1.54) is 0 Å². The first-order valence-electron chi connectivity index (χ1n) is 7.28. The molecule has 1 aromatic carbocycles. The Balaban J connectivity index is 3.25. The van der Waals surface area contributed by atoms with Gasteiger partial charge in [0.1, 0.15) is 5.70 Å². The van der Waals surface area contributed by atoms with Crippen LogP contribution in [0.3, 0.4) is 0 Å². The molecule has 3 N–H and O–H groups in total. The fraction of sp³-hybridized carbons (Fsp3) is 0.353. The number of rotatable bonds is 6. The third-order valence-electron chi connectivity index (χ3n) is 3.47. The molecule has 6 heteroatoms. The summed E-state index contributed by atoms with van der Waals surface area (Å²) in [5.74, 6) is -0.207. The quantitative estimate of drug-likeness (QED) is 0.512. The molecule has 126 valence electrons. The van der Waals surface area contributed by atoms with Crippen molar-refractivity contribution in [3.8, 4) is 0 Å². The highest BCUT2D eigenvalue weighted by Gasteiger charge is 2.19. The van der Waals surface area contributed by atoms with Crippen LogP contribution in [0.2, 0.25) is 10.0 Å². The fourth-order valence-electron chi connectivity index (χ4n) is 2.38. The van der Waals surface area contributed by atoms with Crippen LogP contribution < -0.4 is 11.1 Å². The molecule has 0 aliphatic rings. The summed E-state index contributed by atoms with van der Waals surface area (Å²) in [6.45, 7) is 3.96. The Bertz CT molecular complexity index is 617. The van der Waals surface area contributed by atoms with Crippen LogP contribution in [0.25, 0.3) is 0 Å². The van der Waals surface area contributed by atoms with E-state index in [0.29, 0.717) is 16.5 Å². The van der Waals surface area contributed by atoms with E-state index in [0.717, 1.165) is 22.0 Å². The second kappa shape index (κ2) is 9.36. The molecule has 0 aliphatic heterocycles. The van der Waals surface area contributed by atoms with Gasteiger partial charge in [0, 0.05) is 17.1 Å². The zero-order valence-corrected chi connectivity index (χ0v) is 16.5. The average Bonchev–Trinajstić information content (AvgIpc) is 2.47. The van der Waals surface area contributed by atoms with Crippen LogP contribution in [-0.4, -0.2) is 13.0 Å². The van der Waals surface area contributed by atoms with E-state index < -0.39 is 0 Å². The number of carbonyl (C=O) groups is 1. The van der Waals surface area contributed by atoms with Crippen LogP contribution in [0.1, 0.15) is 25.8 Å². The van der Waals surface area contributed by atoms with Crippen LogP contribution in [0.4, 0.5) is 0 Å². The van der Waals surface area contributed by atoms with Crippen molar-refractivity contribution in [2.75, 3.05) is 7.05 Å². The summed E-state index contributed by atoms with van der Waals surface area (Å²) in [5, 5.41) is 3.76. The van der Waals surface area contributed by atoms with E-state index in [4.69, 9.17) is 28.9 Å². The normalized spacial score (nSPS) is 14.3. The highest BCUT2D eigenvalue weighted by molar-refractivity contribution is 9.11. The van der Waals surface area contributed by atoms with Gasteiger partial charge in [0.05, 0.1) is 0 Å². The van der Waals surface area contributed by atoms with Gasteiger partial charge in [-0.05, 0) is 65.6 Å². The van der Waals surface area contributed by atoms with Gasteiger partial charge in [-0.1, -0.05) is 46.1 Å². The van der Waals surface area contributed by atoms with Gasteiger partial charge in [0.25, 0.3) is 5.91 Å². The number of allylic oxidation sites excluding steroid dienone is 3. The number of halogens is 3. The first-order valence-corrected chi connectivity index (χ1v) is 8.83. The van der Waals surface area contributed by atoms with Crippen molar-refractivity contribution in [1.82, 2.24) is 5.32 Å². The van der Waals surface area contributed by atoms with Gasteiger partial charge in [0.15, 0.2) is 0 Å². The SMILES string of the molecule is CCC(Cc1cc(Cl)cc(Cl)c1)C(/C=C(\C)Br)=C(/N)C(=O)NC. The summed E-state index contributed by atoms with van der Waals surface area (Å²) in [7, 11) is 1.56. The molecule has 1 atom stereocenters. The predicted molar refractivity (Wildman–Crippen MR) is 102 cm³/mol. The maximum Gasteiger partial charge on any atom is 0.267 e. The smallest absolute Gasteiger partial charge is 0.267 e. The van der Waals surface area contributed by atoms with Crippen molar-refractivity contribution in [2.24, 2.45) is 11.7 Å². The van der Waals surface area contributed by atoms with Crippen LogP contribution in [0.5, 0.6) is 0 Å². The third-order valence-corrected chi connectivity index (χ3v) is 4.14. The molecular formula is C17H21BrCl2N2O. The Morgan fingerprint density at radius 2 is 1.91 bits per heavy atom. The van der Waals surface area contributed by atoms with Crippen LogP contribution >= 0.6 is 39.1 Å². The van der Waals surface area contributed by atoms with Gasteiger partial charge >= 0.3 is 0 Å². The molecule has 0 spiro atoms. The second-order valence-electron chi connectivity index (χ2n) is 5.27. The van der Waals surface area contributed by atoms with Gasteiger partial charge in [-0.2, -0.15) is 0 Å². The highest BCUT2D eigenvalue weighted by Crippen LogP contribution is 2.28. The lowest BCUT2D eigenvalue weighted by molar-refractivity contribution is -0.117. The fourth-order valence-corrected chi connectivity index (χ4v) is 3.20. The van der Waals surface area contributed by atoms with E-state index in [2.05, 4.69) is 28.2 Å². The lowest BCUT2D eigenvalue weighted by Crippen LogP contribution is -2.28. The molecule has 0 heterocycles. The maximum absolute atomic E-state index is 11.9. The molecule has 1 aromatic rings. The number of nitrogens with two attached hydrogens (primary N) is 1. The summed E-state index contributed by atoms with van der Waals surface area (Å²) in [6.07, 6.45) is 3.42. The van der Waals surface area contributed by atoms with Gasteiger partial charge in [0.2, 0.25) is 0 Å². The molecule has 0 radical (unpaired) electrons. The largest absolute Gasteiger partial charge is 0.394 e. The van der Waals surface area contributed by atoms with Crippen molar-refractivity contribution in [3.63, 3.8) is 0 Å². The maximum atomic E-state index is 11.9. The number of hydrogen-bond acceptors (Lipinski definition) is 2. The monoisotopic (exact) mass is 418 g/mol. The van der Waals surface area contributed by atoms with Crippen LogP contribution in [0.15, 0.2) is 40.0 Å². The van der Waals surface area contributed by atoms with E-state index in [1.807, 2.05) is 25.1 Å². The van der Waals surface area contributed by atoms with Gasteiger partial charge in [-0.3, -0.25) is 4.79 Å². The Morgan fingerprint density at radius 3 is 2.35 bits per heavy atom. The molecule has 1 rings (SSSR count). The Labute approximate surface area is 156 Å². The molecule has 0 saturated heterocycles. The molecule has 0 bridgehead atoms. The molecule has 0 saturated carbocycles.